The number of hydrogen-bond acceptors (Lipinski definition) is 5. The highest BCUT2D eigenvalue weighted by Crippen LogP contribution is 2.38. The molecule has 0 aliphatic carbocycles. The normalized spacial score (nSPS) is 10.7. The van der Waals surface area contributed by atoms with Crippen molar-refractivity contribution < 1.29 is 24.5 Å². The molecule has 0 radical (unpaired) electrons. The van der Waals surface area contributed by atoms with Crippen LogP contribution in [0.15, 0.2) is 24.3 Å². The molecule has 0 saturated heterocycles. The van der Waals surface area contributed by atoms with Crippen LogP contribution in [0.4, 0.5) is 0 Å². The molecule has 0 bridgehead atoms. The Morgan fingerprint density at radius 2 is 1.54 bits per heavy atom. The first kappa shape index (κ1) is 19.8. The molecular weight excluding hydrogens is 332 g/mol. The van der Waals surface area contributed by atoms with Gasteiger partial charge < -0.3 is 9.99 Å². The molecule has 0 amide bonds. The van der Waals surface area contributed by atoms with Gasteiger partial charge in [0, 0.05) is 16.7 Å². The maximum absolute atomic E-state index is 11.9. The van der Waals surface area contributed by atoms with E-state index in [9.17, 15) is 14.7 Å². The molecule has 5 nitrogen and oxygen atoms in total. The molecule has 0 fully saturated rings. The minimum atomic E-state index is -0.188. The van der Waals surface area contributed by atoms with Crippen LogP contribution in [0.3, 0.4) is 0 Å². The summed E-state index contributed by atoms with van der Waals surface area (Å²) >= 11 is 0. The Bertz CT molecular complexity index is 852. The number of benzene rings is 2. The van der Waals surface area contributed by atoms with E-state index in [0.717, 1.165) is 16.7 Å². The second-order valence-corrected chi connectivity index (χ2v) is 6.24. The molecular formula is C21H24O5. The van der Waals surface area contributed by atoms with Crippen LogP contribution < -0.4 is 4.89 Å². The molecule has 0 saturated carbocycles. The summed E-state index contributed by atoms with van der Waals surface area (Å²) in [5.41, 5.74) is 4.63. The Hall–Kier alpha value is -2.50. The van der Waals surface area contributed by atoms with E-state index in [1.807, 2.05) is 20.8 Å². The SMILES string of the molecule is CCOOc1c(C)cc(C(C)=O)cc1-c1cc(C(C)=O)cc(CO)c1C. The van der Waals surface area contributed by atoms with Gasteiger partial charge in [0.2, 0.25) is 0 Å². The Morgan fingerprint density at radius 1 is 0.962 bits per heavy atom. The van der Waals surface area contributed by atoms with Crippen molar-refractivity contribution in [3.8, 4) is 16.9 Å². The van der Waals surface area contributed by atoms with E-state index in [1.54, 1.807) is 24.3 Å². The summed E-state index contributed by atoms with van der Waals surface area (Å²) in [6.07, 6.45) is 0. The van der Waals surface area contributed by atoms with Gasteiger partial charge in [-0.2, -0.15) is 4.89 Å². The molecule has 0 atom stereocenters. The van der Waals surface area contributed by atoms with Crippen LogP contribution in [0.5, 0.6) is 5.75 Å². The number of aliphatic hydroxyl groups excluding tert-OH is 1. The number of hydrogen-bond donors (Lipinski definition) is 1. The Morgan fingerprint density at radius 3 is 2.08 bits per heavy atom. The summed E-state index contributed by atoms with van der Waals surface area (Å²) in [6, 6.07) is 6.93. The lowest BCUT2D eigenvalue weighted by Crippen LogP contribution is -2.05. The van der Waals surface area contributed by atoms with E-state index < -0.39 is 0 Å². The zero-order chi connectivity index (χ0) is 19.4. The highest BCUT2D eigenvalue weighted by Gasteiger charge is 2.19. The van der Waals surface area contributed by atoms with E-state index in [0.29, 0.717) is 34.6 Å². The fraction of sp³-hybridized carbons (Fsp3) is 0.333. The standard InChI is InChI=1S/C21H24O5/c1-6-25-26-21-12(2)7-16(14(4)23)10-20(21)19-9-17(15(5)24)8-18(11-22)13(19)3/h7-10,22H,6,11H2,1-5H3. The van der Waals surface area contributed by atoms with Crippen LogP contribution >= 0.6 is 0 Å². The first-order valence-electron chi connectivity index (χ1n) is 8.50. The molecule has 5 heteroatoms. The Labute approximate surface area is 153 Å². The van der Waals surface area contributed by atoms with Crippen molar-refractivity contribution in [3.05, 3.63) is 52.1 Å². The molecule has 0 heterocycles. The Balaban J connectivity index is 2.82. The first-order valence-corrected chi connectivity index (χ1v) is 8.50. The number of ketones is 2. The van der Waals surface area contributed by atoms with Gasteiger partial charge in [0.05, 0.1) is 13.2 Å². The van der Waals surface area contributed by atoms with Gasteiger partial charge in [-0.1, -0.05) is 0 Å². The largest absolute Gasteiger partial charge is 0.392 e. The average molecular weight is 356 g/mol. The van der Waals surface area contributed by atoms with Crippen molar-refractivity contribution in [2.45, 2.75) is 41.2 Å². The molecule has 26 heavy (non-hydrogen) atoms. The number of carbonyl (C=O) groups excluding carboxylic acids is 2. The number of aliphatic hydroxyl groups is 1. The molecule has 2 aromatic rings. The quantitative estimate of drug-likeness (QED) is 0.457. The van der Waals surface area contributed by atoms with Crippen LogP contribution in [0.2, 0.25) is 0 Å². The van der Waals surface area contributed by atoms with Gasteiger partial charge in [-0.25, -0.2) is 0 Å². The highest BCUT2D eigenvalue weighted by atomic mass is 17.2. The summed E-state index contributed by atoms with van der Waals surface area (Å²) in [6.45, 7) is 8.66. The molecule has 2 rings (SSSR count). The third kappa shape index (κ3) is 4.00. The van der Waals surface area contributed by atoms with E-state index in [2.05, 4.69) is 0 Å². The Kier molecular flexibility index (Phi) is 6.29. The number of Topliss-reactive ketones (excluding diaryl/α,β-unsaturated/α-hetero) is 2. The monoisotopic (exact) mass is 356 g/mol. The van der Waals surface area contributed by atoms with Crippen LogP contribution in [0.1, 0.15) is 58.2 Å². The van der Waals surface area contributed by atoms with Gasteiger partial charge >= 0.3 is 0 Å². The molecule has 0 aromatic heterocycles. The van der Waals surface area contributed by atoms with Gasteiger partial charge in [-0.15, -0.1) is 0 Å². The minimum absolute atomic E-state index is 0.0694. The van der Waals surface area contributed by atoms with Gasteiger partial charge in [0.25, 0.3) is 0 Å². The first-order chi connectivity index (χ1) is 12.3. The van der Waals surface area contributed by atoms with Crippen LogP contribution in [0.25, 0.3) is 11.1 Å². The summed E-state index contributed by atoms with van der Waals surface area (Å²) in [7, 11) is 0. The van der Waals surface area contributed by atoms with E-state index in [1.165, 1.54) is 13.8 Å². The van der Waals surface area contributed by atoms with Gasteiger partial charge in [-0.3, -0.25) is 9.59 Å². The molecule has 0 spiro atoms. The molecule has 0 aliphatic heterocycles. The van der Waals surface area contributed by atoms with Crippen molar-refractivity contribution in [2.75, 3.05) is 6.61 Å². The minimum Gasteiger partial charge on any atom is -0.392 e. The number of aryl methyl sites for hydroxylation is 1. The van der Waals surface area contributed by atoms with Crippen LogP contribution in [0, 0.1) is 13.8 Å². The smallest absolute Gasteiger partial charge is 0.176 e. The molecule has 2 aromatic carbocycles. The van der Waals surface area contributed by atoms with E-state index >= 15 is 0 Å². The second-order valence-electron chi connectivity index (χ2n) is 6.24. The molecule has 138 valence electrons. The fourth-order valence-corrected chi connectivity index (χ4v) is 2.83. The fourth-order valence-electron chi connectivity index (χ4n) is 2.83. The average Bonchev–Trinajstić information content (AvgIpc) is 2.60. The maximum Gasteiger partial charge on any atom is 0.176 e. The van der Waals surface area contributed by atoms with Crippen molar-refractivity contribution in [1.82, 2.24) is 0 Å². The van der Waals surface area contributed by atoms with Gasteiger partial charge in [0.15, 0.2) is 17.3 Å². The van der Waals surface area contributed by atoms with Crippen molar-refractivity contribution >= 4 is 11.6 Å². The zero-order valence-corrected chi connectivity index (χ0v) is 15.8. The molecule has 0 aliphatic rings. The number of carbonyl (C=O) groups is 2. The summed E-state index contributed by atoms with van der Waals surface area (Å²) in [4.78, 5) is 34.5. The third-order valence-electron chi connectivity index (χ3n) is 4.32. The van der Waals surface area contributed by atoms with Crippen molar-refractivity contribution in [1.29, 1.82) is 0 Å². The third-order valence-corrected chi connectivity index (χ3v) is 4.32. The van der Waals surface area contributed by atoms with E-state index in [4.69, 9.17) is 9.78 Å². The van der Waals surface area contributed by atoms with Crippen LogP contribution in [-0.4, -0.2) is 23.3 Å². The topological polar surface area (TPSA) is 72.8 Å². The predicted molar refractivity (Wildman–Crippen MR) is 99.5 cm³/mol. The zero-order valence-electron chi connectivity index (χ0n) is 15.8. The van der Waals surface area contributed by atoms with E-state index in [-0.39, 0.29) is 18.2 Å². The second kappa shape index (κ2) is 8.25. The summed E-state index contributed by atoms with van der Waals surface area (Å²) in [5.74, 6) is 0.317. The van der Waals surface area contributed by atoms with Crippen LogP contribution in [-0.2, 0) is 11.5 Å². The van der Waals surface area contributed by atoms with Gasteiger partial charge in [-0.05, 0) is 81.1 Å². The highest BCUT2D eigenvalue weighted by molar-refractivity contribution is 5.98. The lowest BCUT2D eigenvalue weighted by atomic mass is 9.90. The number of rotatable bonds is 7. The summed E-state index contributed by atoms with van der Waals surface area (Å²) < 4.78 is 0. The lowest BCUT2D eigenvalue weighted by molar-refractivity contribution is -0.202. The summed E-state index contributed by atoms with van der Waals surface area (Å²) in [5, 5.41) is 9.68. The lowest BCUT2D eigenvalue weighted by Gasteiger charge is -2.18. The van der Waals surface area contributed by atoms with Crippen molar-refractivity contribution in [2.24, 2.45) is 0 Å². The van der Waals surface area contributed by atoms with Gasteiger partial charge in [0.1, 0.15) is 0 Å². The maximum atomic E-state index is 11.9. The predicted octanol–water partition coefficient (Wildman–Crippen LogP) is 4.20. The van der Waals surface area contributed by atoms with Crippen molar-refractivity contribution in [3.63, 3.8) is 0 Å². The molecule has 1 N–H and O–H groups in total. The molecule has 0 unspecified atom stereocenters.